The minimum Gasteiger partial charge on any atom is -0.480 e. The number of piperidine rings is 1. The third-order valence-corrected chi connectivity index (χ3v) is 24.3. The topological polar surface area (TPSA) is 576 Å². The van der Waals surface area contributed by atoms with Gasteiger partial charge in [0.15, 0.2) is 29.4 Å². The van der Waals surface area contributed by atoms with Crippen LogP contribution in [0.15, 0.2) is 87.1 Å². The van der Waals surface area contributed by atoms with Crippen LogP contribution in [-0.2, 0) is 70.4 Å². The fraction of sp³-hybridized carbons (Fsp3) is 0.564. The minimum absolute atomic E-state index is 0.00406. The van der Waals surface area contributed by atoms with Crippen molar-refractivity contribution in [3.8, 4) is 0 Å². The monoisotopic (exact) mass is 1640 g/mol. The molecule has 3 aromatic carbocycles. The number of carbonyl (C=O) groups is 12. The molecule has 2 fully saturated rings. The van der Waals surface area contributed by atoms with Crippen LogP contribution >= 0.6 is 32.9 Å². The first-order chi connectivity index (χ1) is 53.8. The molecule has 3 heterocycles. The van der Waals surface area contributed by atoms with Crippen molar-refractivity contribution in [1.29, 1.82) is 5.41 Å². The number of aliphatic carboxylic acids is 1. The number of thiophene rings is 1. The van der Waals surface area contributed by atoms with Crippen LogP contribution in [-0.4, -0.2) is 201 Å². The van der Waals surface area contributed by atoms with E-state index in [1.165, 1.54) is 30.1 Å². The fourth-order valence-corrected chi connectivity index (χ4v) is 17.7. The molecule has 12 atom stereocenters. The number of nitrogens with zero attached hydrogens (tertiary/aromatic N) is 4. The van der Waals surface area contributed by atoms with E-state index < -0.39 is 172 Å². The van der Waals surface area contributed by atoms with Crippen LogP contribution in [0.1, 0.15) is 162 Å². The highest BCUT2D eigenvalue weighted by Crippen LogP contribution is 2.40. The molecule has 2 saturated heterocycles. The third-order valence-electron chi connectivity index (χ3n) is 20.0. The number of aliphatic imine (C=N–C) groups is 3. The number of ketones is 3. The maximum Gasteiger partial charge on any atom is 0.326 e. The third kappa shape index (κ3) is 29.5. The van der Waals surface area contributed by atoms with Gasteiger partial charge in [-0.3, -0.25) is 73.1 Å². The SMILES string of the molecule is CC(=O)N[C@H]1CSSC(C)(C)[C@@H](C(=O)N[C@H](C(=O)C[C@@H](CCCN=C(N)N)C(=O)N[C@H](C(=O)O)C(C)(C)C)C(C)O)NC(=O)[C@@H]2CCCCN2C(=O)[C@H](Cc2csc3ccccc23)NC(=O)[C@H](Cc2ccc3ccccc3c2)NC(=O)[C@H](CCCCC(=N)N)NC(=O)[C@H](CCCN=C(N)N)CC(=O)[C@@H](CCCN=C(N)N)CC1=O. The highest BCUT2D eigenvalue weighted by atomic mass is 33.1. The Bertz CT molecular complexity index is 4150. The molecule has 0 spiro atoms. The Hall–Kier alpha value is -9.94. The number of benzene rings is 3. The van der Waals surface area contributed by atoms with Crippen molar-refractivity contribution in [1.82, 2.24) is 42.1 Å². The molecule has 6 rings (SSSR count). The second-order valence-electron chi connectivity index (χ2n) is 30.8. The summed E-state index contributed by atoms with van der Waals surface area (Å²) in [7, 11) is 1.98. The lowest BCUT2D eigenvalue weighted by Crippen LogP contribution is -2.64. The lowest BCUT2D eigenvalue weighted by Gasteiger charge is -2.40. The normalized spacial score (nSPS) is 21.7. The van der Waals surface area contributed by atoms with Crippen molar-refractivity contribution in [2.75, 3.05) is 31.9 Å². The van der Waals surface area contributed by atoms with E-state index in [4.69, 9.17) is 45.5 Å². The van der Waals surface area contributed by atoms with Crippen molar-refractivity contribution in [2.45, 2.75) is 223 Å². The summed E-state index contributed by atoms with van der Waals surface area (Å²) in [5.74, 6) is -14.5. The first kappa shape index (κ1) is 92.9. The zero-order valence-electron chi connectivity index (χ0n) is 66.0. The number of guanidine groups is 3. The van der Waals surface area contributed by atoms with Gasteiger partial charge in [0.2, 0.25) is 47.3 Å². The van der Waals surface area contributed by atoms with Crippen LogP contribution in [0.2, 0.25) is 0 Å². The highest BCUT2D eigenvalue weighted by molar-refractivity contribution is 8.77. The predicted octanol–water partition coefficient (Wildman–Crippen LogP) is 2.70. The van der Waals surface area contributed by atoms with Crippen LogP contribution in [0.5, 0.6) is 0 Å². The van der Waals surface area contributed by atoms with Gasteiger partial charge in [-0.2, -0.15) is 0 Å². The molecule has 0 radical (unpaired) electrons. The molecule has 0 aliphatic carbocycles. The van der Waals surface area contributed by atoms with Gasteiger partial charge in [0, 0.05) is 105 Å². The molecular weight excluding hydrogens is 1520 g/mol. The number of nitrogens with two attached hydrogens (primary N) is 7. The number of amidine groups is 1. The second kappa shape index (κ2) is 44.6. The van der Waals surface area contributed by atoms with Gasteiger partial charge in [0.05, 0.1) is 18.0 Å². The van der Waals surface area contributed by atoms with Crippen LogP contribution < -0.4 is 77.4 Å². The van der Waals surface area contributed by atoms with Crippen LogP contribution in [0.4, 0.5) is 0 Å². The molecule has 2 aliphatic heterocycles. The van der Waals surface area contributed by atoms with Crippen molar-refractivity contribution in [2.24, 2.45) is 78.3 Å². The predicted molar refractivity (Wildman–Crippen MR) is 444 cm³/mol. The Morgan fingerprint density at radius 1 is 0.693 bits per heavy atom. The molecule has 114 heavy (non-hydrogen) atoms. The largest absolute Gasteiger partial charge is 0.480 e. The van der Waals surface area contributed by atoms with Crippen molar-refractivity contribution in [3.05, 3.63) is 83.2 Å². The van der Waals surface area contributed by atoms with E-state index in [0.29, 0.717) is 30.4 Å². The standard InChI is InChI=1S/C78H115N19O14S3/c1-43(98)63(60(102)40-50(23-18-33-89-76(85)86)67(104)96-65(73(110)111)77(3,4)5)94-71(108)64-78(6,7)114-113-42-56(90-44(2)99)59(101)38-48(21-16-31-87-74(81)82)58(100)39-49(22-17-32-88-75(83)84)66(103)91-53(25-11-13-28-62(79)80)68(105)92-54(36-45-29-30-46-19-8-9-20-47(46)35-45)69(106)93-55(37-51-41-112-61-27-12-10-24-52(51)61)72(109)97-34-15-14-26-57(97)70(107)95-64/h8-10,12,19-20,24,27,29-30,35,41,43,48-50,53-57,63-65,98H,11,13-18,21-23,25-26,28,31-34,36-40,42H2,1-7H3,(H3,79,80)(H,90,99)(H,91,103)(H,92,105)(H,93,106)(H,94,108)(H,95,107)(H,96,104)(H,110,111)(H4,81,82,87)(H4,83,84,88)(H4,85,86,89)/t43?,48-,49+,50+,53-,54-,55-,56-,57-,63-,64+,65+/m0/s1. The van der Waals surface area contributed by atoms with E-state index in [-0.39, 0.29) is 133 Å². The van der Waals surface area contributed by atoms with E-state index in [1.807, 2.05) is 66.0 Å². The summed E-state index contributed by atoms with van der Waals surface area (Å²) >= 11 is 1.40. The van der Waals surface area contributed by atoms with Gasteiger partial charge in [0.1, 0.15) is 48.1 Å². The molecule has 1 aromatic heterocycles. The first-order valence-electron chi connectivity index (χ1n) is 38.4. The van der Waals surface area contributed by atoms with Gasteiger partial charge in [-0.1, -0.05) is 109 Å². The molecule has 4 aromatic rings. The van der Waals surface area contributed by atoms with E-state index >= 15 is 33.6 Å². The Labute approximate surface area is 676 Å². The number of nitrogens with one attached hydrogen (secondary N) is 8. The number of rotatable bonds is 31. The van der Waals surface area contributed by atoms with Crippen LogP contribution in [0.3, 0.4) is 0 Å². The number of amides is 8. The summed E-state index contributed by atoms with van der Waals surface area (Å²) < 4.78 is -0.666. The van der Waals surface area contributed by atoms with E-state index in [0.717, 1.165) is 42.4 Å². The lowest BCUT2D eigenvalue weighted by molar-refractivity contribution is -0.146. The summed E-state index contributed by atoms with van der Waals surface area (Å²) in [6, 6.07) is 8.48. The number of aliphatic hydroxyl groups is 1. The average Bonchev–Trinajstić information content (AvgIpc) is 1.06. The Morgan fingerprint density at radius 2 is 1.30 bits per heavy atom. The maximum atomic E-state index is 16.0. The summed E-state index contributed by atoms with van der Waals surface area (Å²) in [6.07, 6.45) is -1.81. The summed E-state index contributed by atoms with van der Waals surface area (Å²) in [6.45, 7) is 10.4. The number of unbranched alkanes of at least 4 members (excludes halogenated alkanes) is 1. The molecule has 1 unspecified atom stereocenters. The minimum atomic E-state index is -1.79. The van der Waals surface area contributed by atoms with E-state index in [2.05, 4.69) is 52.2 Å². The number of aliphatic hydroxyl groups excluding tert-OH is 1. The Balaban J connectivity index is 1.53. The molecule has 24 N–H and O–H groups in total. The fourth-order valence-electron chi connectivity index (χ4n) is 13.9. The van der Waals surface area contributed by atoms with Gasteiger partial charge in [-0.15, -0.1) is 11.3 Å². The first-order valence-corrected chi connectivity index (χ1v) is 41.6. The van der Waals surface area contributed by atoms with Crippen molar-refractivity contribution < 1.29 is 67.7 Å². The van der Waals surface area contributed by atoms with Crippen LogP contribution in [0.25, 0.3) is 20.9 Å². The van der Waals surface area contributed by atoms with Gasteiger partial charge in [-0.25, -0.2) is 4.79 Å². The summed E-state index contributed by atoms with van der Waals surface area (Å²) in [5.41, 5.74) is 40.0. The highest BCUT2D eigenvalue weighted by Gasteiger charge is 2.46. The molecule has 8 amide bonds. The second-order valence-corrected chi connectivity index (χ2v) is 34.7. The van der Waals surface area contributed by atoms with Gasteiger partial charge >= 0.3 is 5.97 Å². The number of carboxylic acids is 1. The maximum absolute atomic E-state index is 16.0. The van der Waals surface area contributed by atoms with Gasteiger partial charge in [-0.05, 0) is 136 Å². The molecular formula is C78H115N19O14S3. The van der Waals surface area contributed by atoms with Gasteiger partial charge < -0.3 is 92.5 Å². The Kier molecular flexibility index (Phi) is 36.4. The van der Waals surface area contributed by atoms with Gasteiger partial charge in [0.25, 0.3) is 0 Å². The molecule has 0 saturated carbocycles. The average molecular weight is 1640 g/mol. The Morgan fingerprint density at radius 3 is 1.93 bits per heavy atom. The molecule has 36 heteroatoms. The smallest absolute Gasteiger partial charge is 0.326 e. The van der Waals surface area contributed by atoms with Crippen LogP contribution in [0, 0.1) is 28.6 Å². The number of hydrogen-bond donors (Lipinski definition) is 17. The molecule has 2 aliphatic rings. The number of fused-ring (bicyclic) bond motifs is 3. The zero-order chi connectivity index (χ0) is 84.1. The molecule has 0 bridgehead atoms. The molecule has 33 nitrogen and oxygen atoms in total. The molecule has 624 valence electrons. The number of hydrogen-bond acceptors (Lipinski definition) is 20. The van der Waals surface area contributed by atoms with E-state index in [1.54, 1.807) is 40.7 Å². The number of carboxylic acid groups (broad SMARTS) is 1. The number of carbonyl (C=O) groups excluding carboxylic acids is 11. The van der Waals surface area contributed by atoms with E-state index in [9.17, 15) is 34.2 Å². The number of Topliss-reactive ketones (excluding diaryl/α,β-unsaturated/α-hetero) is 3. The quantitative estimate of drug-likeness (QED) is 0.0149. The summed E-state index contributed by atoms with van der Waals surface area (Å²) in [5, 5.41) is 53.6. The van der Waals surface area contributed by atoms with Crippen molar-refractivity contribution >= 4 is 148 Å². The van der Waals surface area contributed by atoms with Crippen molar-refractivity contribution in [3.63, 3.8) is 0 Å². The lowest BCUT2D eigenvalue weighted by atomic mass is 9.84. The zero-order valence-corrected chi connectivity index (χ0v) is 68.4. The summed E-state index contributed by atoms with van der Waals surface area (Å²) in [4.78, 5) is 192.